The maximum absolute atomic E-state index is 5.36. The van der Waals surface area contributed by atoms with Gasteiger partial charge in [0.05, 0.1) is 11.4 Å². The van der Waals surface area contributed by atoms with Gasteiger partial charge >= 0.3 is 0 Å². The first-order chi connectivity index (χ1) is 21.8. The summed E-state index contributed by atoms with van der Waals surface area (Å²) >= 11 is 0. The Morgan fingerprint density at radius 2 is 0.909 bits per heavy atom. The number of pyridine rings is 1. The van der Waals surface area contributed by atoms with E-state index < -0.39 is 0 Å². The van der Waals surface area contributed by atoms with Crippen LogP contribution in [0.4, 0.5) is 0 Å². The summed E-state index contributed by atoms with van der Waals surface area (Å²) in [7, 11) is 0. The molecule has 0 radical (unpaired) electrons. The molecule has 1 aromatic heterocycles. The molecule has 0 bridgehead atoms. The molecule has 8 aromatic rings. The van der Waals surface area contributed by atoms with Crippen LogP contribution in [0, 0.1) is 0 Å². The molecule has 0 unspecified atom stereocenters. The van der Waals surface area contributed by atoms with Crippen LogP contribution in [0.25, 0.3) is 88.6 Å². The summed E-state index contributed by atoms with van der Waals surface area (Å²) in [6.45, 7) is 0. The van der Waals surface area contributed by atoms with Crippen molar-refractivity contribution in [3.63, 3.8) is 0 Å². The predicted octanol–water partition coefficient (Wildman–Crippen LogP) is 11.7. The number of hydrogen-bond donors (Lipinski definition) is 0. The zero-order valence-corrected chi connectivity index (χ0v) is 24.0. The smallest absolute Gasteiger partial charge is 0.0721 e. The molecule has 1 heteroatoms. The Labute approximate surface area is 256 Å². The molecule has 0 saturated carbocycles. The predicted molar refractivity (Wildman–Crippen MR) is 185 cm³/mol. The summed E-state index contributed by atoms with van der Waals surface area (Å²) in [5, 5.41) is 5.06. The van der Waals surface area contributed by atoms with Gasteiger partial charge in [-0.25, -0.2) is 4.98 Å². The zero-order valence-electron chi connectivity index (χ0n) is 24.0. The van der Waals surface area contributed by atoms with Gasteiger partial charge in [-0.05, 0) is 90.3 Å². The molecule has 0 atom stereocenters. The van der Waals surface area contributed by atoms with Gasteiger partial charge in [0.25, 0.3) is 0 Å². The summed E-state index contributed by atoms with van der Waals surface area (Å²) in [5.74, 6) is 0. The summed E-state index contributed by atoms with van der Waals surface area (Å²) in [5.41, 5.74) is 14.2. The van der Waals surface area contributed by atoms with E-state index in [-0.39, 0.29) is 0 Å². The molecule has 1 aliphatic rings. The van der Waals surface area contributed by atoms with Crippen LogP contribution in [0.3, 0.4) is 0 Å². The Morgan fingerprint density at radius 3 is 1.77 bits per heavy atom. The van der Waals surface area contributed by atoms with Gasteiger partial charge in [0.1, 0.15) is 0 Å². The second kappa shape index (κ2) is 9.90. The normalized spacial score (nSPS) is 11.6. The lowest BCUT2D eigenvalue weighted by Gasteiger charge is -2.14. The van der Waals surface area contributed by atoms with E-state index >= 15 is 0 Å². The van der Waals surface area contributed by atoms with Crippen LogP contribution in [0.2, 0.25) is 0 Å². The van der Waals surface area contributed by atoms with E-state index in [0.29, 0.717) is 0 Å². The van der Waals surface area contributed by atoms with Crippen molar-refractivity contribution in [1.82, 2.24) is 4.98 Å². The molecule has 9 rings (SSSR count). The maximum atomic E-state index is 5.36. The first-order valence-corrected chi connectivity index (χ1v) is 15.1. The van der Waals surface area contributed by atoms with Crippen LogP contribution in [0.15, 0.2) is 164 Å². The first-order valence-electron chi connectivity index (χ1n) is 15.1. The third kappa shape index (κ3) is 3.98. The van der Waals surface area contributed by atoms with E-state index in [2.05, 4.69) is 164 Å². The molecule has 1 aliphatic carbocycles. The standard InChI is InChI=1S/C43H27N/c1-2-10-28(11-3-1)34-26-41(33-15-8-14-31(25-33)32-21-20-29-12-4-5-13-30(29)24-32)44-42(27-34)37-22-23-40-36-17-7-6-16-35(36)38-18-9-19-39(37)43(38)40/h1-27H. The molecule has 0 fully saturated rings. The molecule has 204 valence electrons. The van der Waals surface area contributed by atoms with E-state index in [1.165, 1.54) is 60.5 Å². The molecular formula is C43H27N. The molecule has 0 N–H and O–H groups in total. The fraction of sp³-hybridized carbons (Fsp3) is 0. The summed E-state index contributed by atoms with van der Waals surface area (Å²) in [6.07, 6.45) is 0. The number of nitrogens with zero attached hydrogens (tertiary/aromatic N) is 1. The van der Waals surface area contributed by atoms with Gasteiger partial charge in [0, 0.05) is 11.1 Å². The molecule has 0 aliphatic heterocycles. The van der Waals surface area contributed by atoms with Crippen molar-refractivity contribution in [2.24, 2.45) is 0 Å². The average molecular weight is 558 g/mol. The molecule has 7 aromatic carbocycles. The molecule has 0 amide bonds. The van der Waals surface area contributed by atoms with Crippen LogP contribution < -0.4 is 0 Å². The molecule has 1 heterocycles. The number of hydrogen-bond acceptors (Lipinski definition) is 1. The van der Waals surface area contributed by atoms with E-state index in [4.69, 9.17) is 4.98 Å². The third-order valence-electron chi connectivity index (χ3n) is 9.00. The van der Waals surface area contributed by atoms with Crippen LogP contribution in [-0.2, 0) is 0 Å². The molecule has 1 nitrogen and oxygen atoms in total. The Bertz CT molecular complexity index is 2350. The number of fused-ring (bicyclic) bond motifs is 4. The first kappa shape index (κ1) is 24.8. The fourth-order valence-electron chi connectivity index (χ4n) is 6.87. The Hall–Kier alpha value is -5.79. The van der Waals surface area contributed by atoms with Gasteiger partial charge in [-0.2, -0.15) is 0 Å². The van der Waals surface area contributed by atoms with E-state index in [9.17, 15) is 0 Å². The minimum absolute atomic E-state index is 0.968. The van der Waals surface area contributed by atoms with Crippen molar-refractivity contribution >= 4 is 21.5 Å². The SMILES string of the molecule is c1ccc(-c2cc(-c3cccc(-c4ccc5ccccc5c4)c3)nc(-c3ccc4c5c(cccc35)-c3ccccc3-4)c2)cc1. The summed E-state index contributed by atoms with van der Waals surface area (Å²) in [6, 6.07) is 59.1. The highest BCUT2D eigenvalue weighted by atomic mass is 14.7. The van der Waals surface area contributed by atoms with Crippen molar-refractivity contribution in [3.8, 4) is 67.0 Å². The van der Waals surface area contributed by atoms with Crippen LogP contribution in [0.5, 0.6) is 0 Å². The zero-order chi connectivity index (χ0) is 29.0. The Morgan fingerprint density at radius 1 is 0.295 bits per heavy atom. The fourth-order valence-corrected chi connectivity index (χ4v) is 6.87. The highest BCUT2D eigenvalue weighted by Gasteiger charge is 2.23. The molecule has 0 saturated heterocycles. The largest absolute Gasteiger partial charge is 0.248 e. The lowest BCUT2D eigenvalue weighted by molar-refractivity contribution is 1.33. The van der Waals surface area contributed by atoms with Gasteiger partial charge in [-0.1, -0.05) is 140 Å². The lowest BCUT2D eigenvalue weighted by atomic mass is 9.94. The third-order valence-corrected chi connectivity index (χ3v) is 9.00. The number of rotatable bonds is 4. The lowest BCUT2D eigenvalue weighted by Crippen LogP contribution is -1.93. The quantitative estimate of drug-likeness (QED) is 0.210. The van der Waals surface area contributed by atoms with Crippen molar-refractivity contribution in [2.75, 3.05) is 0 Å². The summed E-state index contributed by atoms with van der Waals surface area (Å²) < 4.78 is 0. The number of aromatic nitrogens is 1. The molecule has 0 spiro atoms. The second-order valence-electron chi connectivity index (χ2n) is 11.6. The van der Waals surface area contributed by atoms with Crippen LogP contribution in [-0.4, -0.2) is 4.98 Å². The van der Waals surface area contributed by atoms with Crippen molar-refractivity contribution < 1.29 is 0 Å². The maximum Gasteiger partial charge on any atom is 0.0721 e. The van der Waals surface area contributed by atoms with E-state index in [1.807, 2.05) is 0 Å². The van der Waals surface area contributed by atoms with Gasteiger partial charge in [-0.3, -0.25) is 0 Å². The monoisotopic (exact) mass is 557 g/mol. The Balaban J connectivity index is 1.23. The van der Waals surface area contributed by atoms with Crippen molar-refractivity contribution in [1.29, 1.82) is 0 Å². The molecule has 44 heavy (non-hydrogen) atoms. The van der Waals surface area contributed by atoms with E-state index in [0.717, 1.165) is 28.1 Å². The van der Waals surface area contributed by atoms with Crippen molar-refractivity contribution in [3.05, 3.63) is 164 Å². The highest BCUT2D eigenvalue weighted by Crippen LogP contribution is 2.49. The van der Waals surface area contributed by atoms with Gasteiger partial charge < -0.3 is 0 Å². The summed E-state index contributed by atoms with van der Waals surface area (Å²) in [4.78, 5) is 5.36. The topological polar surface area (TPSA) is 12.9 Å². The molecular weight excluding hydrogens is 530 g/mol. The van der Waals surface area contributed by atoms with E-state index in [1.54, 1.807) is 0 Å². The van der Waals surface area contributed by atoms with Gasteiger partial charge in [0.15, 0.2) is 0 Å². The van der Waals surface area contributed by atoms with Crippen molar-refractivity contribution in [2.45, 2.75) is 0 Å². The van der Waals surface area contributed by atoms with Gasteiger partial charge in [-0.15, -0.1) is 0 Å². The highest BCUT2D eigenvalue weighted by molar-refractivity contribution is 6.18. The minimum Gasteiger partial charge on any atom is -0.248 e. The van der Waals surface area contributed by atoms with Gasteiger partial charge in [0.2, 0.25) is 0 Å². The Kier molecular flexibility index (Phi) is 5.57. The van der Waals surface area contributed by atoms with Crippen LogP contribution >= 0.6 is 0 Å². The second-order valence-corrected chi connectivity index (χ2v) is 11.6. The minimum atomic E-state index is 0.968. The number of benzene rings is 7. The van der Waals surface area contributed by atoms with Crippen LogP contribution in [0.1, 0.15) is 0 Å². The average Bonchev–Trinajstić information content (AvgIpc) is 3.43.